The number of rotatable bonds is 9. The number of nitrogens with zero attached hydrogens (tertiary/aromatic N) is 5. The quantitative estimate of drug-likeness (QED) is 0.435. The SMILES string of the molecule is CN1CCN(c2ncccc2-c2noc([C@H](CCCC3CCCCC3)CC(=O)NO)n2)CC1. The number of likely N-dealkylation sites (N-methyl/N-ethyl adjacent to an activating group) is 1. The number of hydrogen-bond donors (Lipinski definition) is 2. The molecular weight excluding hydrogens is 420 g/mol. The van der Waals surface area contributed by atoms with Gasteiger partial charge in [0.15, 0.2) is 0 Å². The number of piperazine rings is 1. The third kappa shape index (κ3) is 6.29. The topological polar surface area (TPSA) is 108 Å². The van der Waals surface area contributed by atoms with Crippen LogP contribution in [-0.2, 0) is 4.79 Å². The van der Waals surface area contributed by atoms with Crippen molar-refractivity contribution in [2.24, 2.45) is 5.92 Å². The molecule has 1 saturated carbocycles. The van der Waals surface area contributed by atoms with Gasteiger partial charge in [0, 0.05) is 44.7 Å². The Morgan fingerprint density at radius 1 is 1.24 bits per heavy atom. The van der Waals surface area contributed by atoms with Crippen LogP contribution < -0.4 is 10.4 Å². The number of carbonyl (C=O) groups excluding carboxylic acids is 1. The molecule has 2 N–H and O–H groups in total. The molecule has 0 spiro atoms. The summed E-state index contributed by atoms with van der Waals surface area (Å²) < 4.78 is 5.65. The number of amides is 1. The predicted octanol–water partition coefficient (Wildman–Crippen LogP) is 3.61. The average molecular weight is 457 g/mol. The summed E-state index contributed by atoms with van der Waals surface area (Å²) >= 11 is 0. The molecule has 0 bridgehead atoms. The minimum atomic E-state index is -0.433. The number of nitrogens with one attached hydrogen (secondary N) is 1. The lowest BCUT2D eigenvalue weighted by Gasteiger charge is -2.33. The van der Waals surface area contributed by atoms with Crippen molar-refractivity contribution in [2.45, 2.75) is 63.7 Å². The van der Waals surface area contributed by atoms with E-state index >= 15 is 0 Å². The maximum atomic E-state index is 12.0. The summed E-state index contributed by atoms with van der Waals surface area (Å²) in [5.41, 5.74) is 2.59. The van der Waals surface area contributed by atoms with Gasteiger partial charge in [-0.15, -0.1) is 0 Å². The van der Waals surface area contributed by atoms with Gasteiger partial charge >= 0.3 is 0 Å². The van der Waals surface area contributed by atoms with Crippen LogP contribution in [-0.4, -0.2) is 64.4 Å². The fourth-order valence-electron chi connectivity index (χ4n) is 5.06. The molecule has 2 aliphatic rings. The van der Waals surface area contributed by atoms with Gasteiger partial charge in [-0.1, -0.05) is 50.1 Å². The van der Waals surface area contributed by atoms with Crippen molar-refractivity contribution in [1.82, 2.24) is 25.5 Å². The maximum absolute atomic E-state index is 12.0. The molecule has 0 aromatic carbocycles. The molecule has 33 heavy (non-hydrogen) atoms. The molecule has 1 saturated heterocycles. The fourth-order valence-corrected chi connectivity index (χ4v) is 5.06. The van der Waals surface area contributed by atoms with Crippen molar-refractivity contribution in [3.63, 3.8) is 0 Å². The lowest BCUT2D eigenvalue weighted by molar-refractivity contribution is -0.129. The summed E-state index contributed by atoms with van der Waals surface area (Å²) in [4.78, 5) is 25.8. The first-order valence-corrected chi connectivity index (χ1v) is 12.3. The number of pyridine rings is 1. The second kappa shape index (κ2) is 11.6. The van der Waals surface area contributed by atoms with Crippen LogP contribution in [0.15, 0.2) is 22.9 Å². The molecule has 9 nitrogen and oxygen atoms in total. The second-order valence-electron chi connectivity index (χ2n) is 9.49. The van der Waals surface area contributed by atoms with E-state index in [0.717, 1.165) is 62.7 Å². The van der Waals surface area contributed by atoms with Gasteiger partial charge in [-0.2, -0.15) is 4.98 Å². The van der Waals surface area contributed by atoms with Crippen molar-refractivity contribution < 1.29 is 14.5 Å². The van der Waals surface area contributed by atoms with Gasteiger partial charge in [-0.3, -0.25) is 10.0 Å². The van der Waals surface area contributed by atoms with Crippen LogP contribution in [0.2, 0.25) is 0 Å². The molecule has 1 aliphatic carbocycles. The molecule has 9 heteroatoms. The second-order valence-corrected chi connectivity index (χ2v) is 9.49. The molecule has 4 rings (SSSR count). The fraction of sp³-hybridized carbons (Fsp3) is 0.667. The van der Waals surface area contributed by atoms with Gasteiger partial charge in [0.2, 0.25) is 17.6 Å². The lowest BCUT2D eigenvalue weighted by atomic mass is 9.84. The van der Waals surface area contributed by atoms with E-state index in [1.54, 1.807) is 11.7 Å². The van der Waals surface area contributed by atoms with E-state index in [2.05, 4.69) is 32.0 Å². The Kier molecular flexibility index (Phi) is 8.28. The largest absolute Gasteiger partial charge is 0.353 e. The van der Waals surface area contributed by atoms with E-state index in [4.69, 9.17) is 9.73 Å². The number of hydroxylamine groups is 1. The summed E-state index contributed by atoms with van der Waals surface area (Å²) in [6.45, 7) is 3.75. The molecule has 180 valence electrons. The third-order valence-corrected chi connectivity index (χ3v) is 7.07. The standard InChI is InChI=1S/C24H36N6O3/c1-29-13-15-30(16-14-29)23-20(11-6-12-25-23)22-26-24(33-28-22)19(17-21(31)27-32)10-5-9-18-7-3-2-4-8-18/h6,11-12,18-19,32H,2-5,7-10,13-17H2,1H3,(H,27,31)/t19-/m1/s1. The molecule has 2 aromatic heterocycles. The number of anilines is 1. The van der Waals surface area contributed by atoms with Gasteiger partial charge < -0.3 is 14.3 Å². The van der Waals surface area contributed by atoms with Gasteiger partial charge in [0.1, 0.15) is 5.82 Å². The van der Waals surface area contributed by atoms with Crippen molar-refractivity contribution >= 4 is 11.7 Å². The number of carbonyl (C=O) groups is 1. The Balaban J connectivity index is 1.47. The molecule has 0 radical (unpaired) electrons. The maximum Gasteiger partial charge on any atom is 0.244 e. The van der Waals surface area contributed by atoms with E-state index in [1.165, 1.54) is 32.1 Å². The molecule has 1 aliphatic heterocycles. The zero-order chi connectivity index (χ0) is 23.0. The molecule has 1 atom stereocenters. The normalized spacial score (nSPS) is 18.9. The Hall–Kier alpha value is -2.52. The Morgan fingerprint density at radius 2 is 2.03 bits per heavy atom. The number of hydrogen-bond acceptors (Lipinski definition) is 8. The summed E-state index contributed by atoms with van der Waals surface area (Å²) in [5, 5.41) is 13.3. The van der Waals surface area contributed by atoms with Gasteiger partial charge in [-0.25, -0.2) is 10.5 Å². The highest BCUT2D eigenvalue weighted by molar-refractivity contribution is 5.75. The van der Waals surface area contributed by atoms with E-state index < -0.39 is 5.91 Å². The molecule has 3 heterocycles. The number of aromatic nitrogens is 3. The molecule has 1 amide bonds. The Bertz CT molecular complexity index is 890. The van der Waals surface area contributed by atoms with E-state index in [1.807, 2.05) is 12.1 Å². The van der Waals surface area contributed by atoms with Crippen LogP contribution in [0.4, 0.5) is 5.82 Å². The van der Waals surface area contributed by atoms with E-state index in [0.29, 0.717) is 11.7 Å². The Morgan fingerprint density at radius 3 is 2.79 bits per heavy atom. The van der Waals surface area contributed by atoms with Crippen molar-refractivity contribution in [1.29, 1.82) is 0 Å². The summed E-state index contributed by atoms with van der Waals surface area (Å²) in [5.74, 6) is 1.94. The summed E-state index contributed by atoms with van der Waals surface area (Å²) in [6.07, 6.45) is 11.5. The smallest absolute Gasteiger partial charge is 0.244 e. The highest BCUT2D eigenvalue weighted by Gasteiger charge is 2.26. The zero-order valence-corrected chi connectivity index (χ0v) is 19.6. The van der Waals surface area contributed by atoms with Crippen molar-refractivity contribution in [2.75, 3.05) is 38.1 Å². The lowest BCUT2D eigenvalue weighted by Crippen LogP contribution is -2.45. The Labute approximate surface area is 195 Å². The van der Waals surface area contributed by atoms with E-state index in [-0.39, 0.29) is 12.3 Å². The predicted molar refractivity (Wildman–Crippen MR) is 125 cm³/mol. The molecule has 2 aromatic rings. The van der Waals surface area contributed by atoms with Crippen LogP contribution in [0, 0.1) is 5.92 Å². The minimum Gasteiger partial charge on any atom is -0.353 e. The first-order valence-electron chi connectivity index (χ1n) is 12.3. The third-order valence-electron chi connectivity index (χ3n) is 7.07. The summed E-state index contributed by atoms with van der Waals surface area (Å²) in [7, 11) is 2.12. The monoisotopic (exact) mass is 456 g/mol. The van der Waals surface area contributed by atoms with Crippen LogP contribution in [0.5, 0.6) is 0 Å². The minimum absolute atomic E-state index is 0.126. The molecule has 0 unspecified atom stereocenters. The van der Waals surface area contributed by atoms with Crippen LogP contribution in [0.25, 0.3) is 11.4 Å². The van der Waals surface area contributed by atoms with E-state index in [9.17, 15) is 4.79 Å². The summed E-state index contributed by atoms with van der Waals surface area (Å²) in [6, 6.07) is 3.85. The first-order chi connectivity index (χ1) is 16.1. The van der Waals surface area contributed by atoms with Crippen LogP contribution >= 0.6 is 0 Å². The average Bonchev–Trinajstić information content (AvgIpc) is 3.34. The highest BCUT2D eigenvalue weighted by atomic mass is 16.5. The van der Waals surface area contributed by atoms with Crippen LogP contribution in [0.1, 0.15) is 69.6 Å². The highest BCUT2D eigenvalue weighted by Crippen LogP contribution is 2.33. The molecule has 2 fully saturated rings. The zero-order valence-electron chi connectivity index (χ0n) is 19.6. The molecular formula is C24H36N6O3. The van der Waals surface area contributed by atoms with Gasteiger partial charge in [0.25, 0.3) is 0 Å². The van der Waals surface area contributed by atoms with Crippen molar-refractivity contribution in [3.8, 4) is 11.4 Å². The first kappa shape index (κ1) is 23.6. The van der Waals surface area contributed by atoms with Gasteiger partial charge in [-0.05, 0) is 31.5 Å². The van der Waals surface area contributed by atoms with Crippen LogP contribution in [0.3, 0.4) is 0 Å². The van der Waals surface area contributed by atoms with Gasteiger partial charge in [0.05, 0.1) is 5.56 Å². The van der Waals surface area contributed by atoms with Crippen molar-refractivity contribution in [3.05, 3.63) is 24.2 Å².